The van der Waals surface area contributed by atoms with Crippen LogP contribution in [0.4, 0.5) is 16.2 Å². The van der Waals surface area contributed by atoms with E-state index in [0.717, 1.165) is 22.9 Å². The summed E-state index contributed by atoms with van der Waals surface area (Å²) in [6, 6.07) is 18.9. The lowest BCUT2D eigenvalue weighted by Gasteiger charge is -2.41. The Hall–Kier alpha value is -3.36. The second kappa shape index (κ2) is 9.71. The number of benzene rings is 3. The van der Waals surface area contributed by atoms with Crippen molar-refractivity contribution in [3.8, 4) is 11.1 Å². The zero-order chi connectivity index (χ0) is 25.3. The van der Waals surface area contributed by atoms with Crippen LogP contribution in [0, 0.1) is 0 Å². The fourth-order valence-electron chi connectivity index (χ4n) is 4.28. The maximum Gasteiger partial charge on any atom is 0.322 e. The second-order valence-corrected chi connectivity index (χ2v) is 11.0. The topological polar surface area (TPSA) is 86.8 Å². The van der Waals surface area contributed by atoms with Crippen LogP contribution in [-0.4, -0.2) is 39.2 Å². The normalized spacial score (nSPS) is 15.5. The van der Waals surface area contributed by atoms with Crippen molar-refractivity contribution in [3.05, 3.63) is 77.3 Å². The zero-order valence-corrected chi connectivity index (χ0v) is 21.2. The summed E-state index contributed by atoms with van der Waals surface area (Å²) >= 11 is 6.23. The quantitative estimate of drug-likeness (QED) is 0.540. The van der Waals surface area contributed by atoms with Gasteiger partial charge in [-0.15, -0.1) is 0 Å². The number of amides is 3. The predicted octanol–water partition coefficient (Wildman–Crippen LogP) is 4.88. The first-order valence-corrected chi connectivity index (χ1v) is 13.4. The molecule has 0 aromatic heterocycles. The predicted molar refractivity (Wildman–Crippen MR) is 139 cm³/mol. The van der Waals surface area contributed by atoms with Crippen molar-refractivity contribution >= 4 is 44.8 Å². The molecule has 4 rings (SSSR count). The van der Waals surface area contributed by atoms with Gasteiger partial charge in [-0.25, -0.2) is 13.2 Å². The van der Waals surface area contributed by atoms with E-state index in [4.69, 9.17) is 11.6 Å². The molecule has 1 N–H and O–H groups in total. The molecule has 1 aliphatic heterocycles. The number of urea groups is 1. The van der Waals surface area contributed by atoms with E-state index in [9.17, 15) is 18.0 Å². The molecule has 1 aliphatic rings. The minimum Gasteiger partial charge on any atom is -0.334 e. The molecular weight excluding hydrogens is 486 g/mol. The maximum atomic E-state index is 13.3. The Labute approximate surface area is 210 Å². The lowest BCUT2D eigenvalue weighted by molar-refractivity contribution is -0.117. The Balaban J connectivity index is 1.69. The van der Waals surface area contributed by atoms with Crippen molar-refractivity contribution < 1.29 is 18.0 Å². The van der Waals surface area contributed by atoms with E-state index in [1.54, 1.807) is 40.1 Å². The molecule has 35 heavy (non-hydrogen) atoms. The molecule has 3 amide bonds. The number of sulfone groups is 1. The van der Waals surface area contributed by atoms with E-state index in [1.165, 1.54) is 6.92 Å². The van der Waals surface area contributed by atoms with E-state index in [1.807, 2.05) is 43.3 Å². The van der Waals surface area contributed by atoms with E-state index in [-0.39, 0.29) is 29.4 Å². The van der Waals surface area contributed by atoms with E-state index >= 15 is 0 Å². The van der Waals surface area contributed by atoms with Gasteiger partial charge in [0, 0.05) is 31.3 Å². The van der Waals surface area contributed by atoms with Crippen molar-refractivity contribution in [2.75, 3.05) is 22.6 Å². The van der Waals surface area contributed by atoms with Gasteiger partial charge in [0.25, 0.3) is 0 Å². The molecule has 0 saturated heterocycles. The molecule has 182 valence electrons. The average molecular weight is 512 g/mol. The lowest BCUT2D eigenvalue weighted by atomic mass is 10.0. The summed E-state index contributed by atoms with van der Waals surface area (Å²) in [4.78, 5) is 29.2. The highest BCUT2D eigenvalue weighted by Gasteiger charge is 2.33. The molecule has 0 radical (unpaired) electrons. The number of hydrogen-bond donors (Lipinski definition) is 1. The Morgan fingerprint density at radius 3 is 2.29 bits per heavy atom. The molecule has 7 nitrogen and oxygen atoms in total. The number of carbonyl (C=O) groups excluding carboxylic acids is 2. The zero-order valence-electron chi connectivity index (χ0n) is 19.7. The average Bonchev–Trinajstić information content (AvgIpc) is 2.82. The Kier molecular flexibility index (Phi) is 6.87. The Morgan fingerprint density at radius 1 is 1.00 bits per heavy atom. The van der Waals surface area contributed by atoms with Gasteiger partial charge in [0.2, 0.25) is 5.91 Å². The standard InChI is InChI=1S/C26H26ClN3O4S/c1-17-16-29(26(32)28-15-21-6-4-5-7-23(21)27)25-14-20(10-13-24(25)30(17)18(2)31)19-8-11-22(12-9-19)35(3,33)34/h4-14,17H,15-16H2,1-3H3,(H,28,32)/t17-/m0/s1. The molecule has 3 aromatic carbocycles. The van der Waals surface area contributed by atoms with Crippen LogP contribution < -0.4 is 15.1 Å². The number of anilines is 2. The van der Waals surface area contributed by atoms with Gasteiger partial charge >= 0.3 is 6.03 Å². The molecular formula is C26H26ClN3O4S. The lowest BCUT2D eigenvalue weighted by Crippen LogP contribution is -2.53. The van der Waals surface area contributed by atoms with E-state index < -0.39 is 9.84 Å². The number of halogens is 1. The molecule has 3 aromatic rings. The fourth-order valence-corrected chi connectivity index (χ4v) is 5.11. The maximum absolute atomic E-state index is 13.3. The van der Waals surface area contributed by atoms with Crippen molar-refractivity contribution in [1.82, 2.24) is 5.32 Å². The molecule has 0 spiro atoms. The molecule has 0 unspecified atom stereocenters. The highest BCUT2D eigenvalue weighted by atomic mass is 35.5. The minimum atomic E-state index is -3.31. The van der Waals surface area contributed by atoms with Crippen LogP contribution in [0.15, 0.2) is 71.6 Å². The monoisotopic (exact) mass is 511 g/mol. The first-order valence-electron chi connectivity index (χ1n) is 11.1. The third-order valence-electron chi connectivity index (χ3n) is 6.00. The number of rotatable bonds is 4. The molecule has 9 heteroatoms. The Bertz CT molecular complexity index is 1390. The van der Waals surface area contributed by atoms with Crippen molar-refractivity contribution in [3.63, 3.8) is 0 Å². The summed E-state index contributed by atoms with van der Waals surface area (Å²) in [5.74, 6) is -0.111. The van der Waals surface area contributed by atoms with Gasteiger partial charge in [-0.05, 0) is 53.9 Å². The summed E-state index contributed by atoms with van der Waals surface area (Å²) in [6.45, 7) is 3.99. The van der Waals surface area contributed by atoms with Gasteiger partial charge in [0.1, 0.15) is 0 Å². The van der Waals surface area contributed by atoms with Gasteiger partial charge in [-0.2, -0.15) is 0 Å². The summed E-state index contributed by atoms with van der Waals surface area (Å²) in [5, 5.41) is 3.50. The van der Waals surface area contributed by atoms with Crippen LogP contribution in [-0.2, 0) is 21.2 Å². The van der Waals surface area contributed by atoms with Crippen LogP contribution >= 0.6 is 11.6 Å². The summed E-state index contributed by atoms with van der Waals surface area (Å²) in [5.41, 5.74) is 3.63. The molecule has 1 heterocycles. The molecule has 1 atom stereocenters. The Morgan fingerprint density at radius 2 is 1.66 bits per heavy atom. The smallest absolute Gasteiger partial charge is 0.322 e. The number of carbonyl (C=O) groups is 2. The van der Waals surface area contributed by atoms with Crippen LogP contribution in [0.5, 0.6) is 0 Å². The number of fused-ring (bicyclic) bond motifs is 1. The largest absolute Gasteiger partial charge is 0.334 e. The van der Waals surface area contributed by atoms with Crippen LogP contribution in [0.25, 0.3) is 11.1 Å². The third kappa shape index (κ3) is 5.18. The van der Waals surface area contributed by atoms with Crippen LogP contribution in [0.2, 0.25) is 5.02 Å². The molecule has 0 aliphatic carbocycles. The van der Waals surface area contributed by atoms with Crippen molar-refractivity contribution in [2.24, 2.45) is 0 Å². The van der Waals surface area contributed by atoms with Crippen LogP contribution in [0.1, 0.15) is 19.4 Å². The van der Waals surface area contributed by atoms with Gasteiger partial charge in [0.15, 0.2) is 9.84 Å². The fraction of sp³-hybridized carbons (Fsp3) is 0.231. The van der Waals surface area contributed by atoms with Crippen molar-refractivity contribution in [1.29, 1.82) is 0 Å². The molecule has 0 fully saturated rings. The second-order valence-electron chi connectivity index (χ2n) is 8.60. The first kappa shape index (κ1) is 24.8. The first-order chi connectivity index (χ1) is 16.6. The SMILES string of the molecule is CC(=O)N1c2ccc(-c3ccc(S(C)(=O)=O)cc3)cc2N(C(=O)NCc2ccccc2Cl)C[C@@H]1C. The third-order valence-corrected chi connectivity index (χ3v) is 7.50. The van der Waals surface area contributed by atoms with E-state index in [2.05, 4.69) is 5.32 Å². The summed E-state index contributed by atoms with van der Waals surface area (Å²) in [6.07, 6.45) is 1.16. The molecule has 0 bridgehead atoms. The highest BCUT2D eigenvalue weighted by Crippen LogP contribution is 2.39. The number of nitrogens with one attached hydrogen (secondary N) is 1. The van der Waals surface area contributed by atoms with Gasteiger partial charge < -0.3 is 10.2 Å². The summed E-state index contributed by atoms with van der Waals surface area (Å²) in [7, 11) is -3.31. The number of hydrogen-bond acceptors (Lipinski definition) is 4. The van der Waals surface area contributed by atoms with E-state index in [0.29, 0.717) is 22.9 Å². The van der Waals surface area contributed by atoms with Gasteiger partial charge in [0.05, 0.1) is 22.3 Å². The highest BCUT2D eigenvalue weighted by molar-refractivity contribution is 7.90. The van der Waals surface area contributed by atoms with Crippen molar-refractivity contribution in [2.45, 2.75) is 31.3 Å². The van der Waals surface area contributed by atoms with Gasteiger partial charge in [-0.1, -0.05) is 48.0 Å². The van der Waals surface area contributed by atoms with Crippen LogP contribution in [0.3, 0.4) is 0 Å². The minimum absolute atomic E-state index is 0.111. The van der Waals surface area contributed by atoms with Gasteiger partial charge in [-0.3, -0.25) is 9.69 Å². The summed E-state index contributed by atoms with van der Waals surface area (Å²) < 4.78 is 23.6. The molecule has 0 saturated carbocycles. The number of nitrogens with zero attached hydrogens (tertiary/aromatic N) is 2.